The van der Waals surface area contributed by atoms with Crippen LogP contribution in [0.1, 0.15) is 22.3 Å². The fourth-order valence-electron chi connectivity index (χ4n) is 2.88. The molecule has 0 radical (unpaired) electrons. The number of anilines is 1. The molecule has 1 N–H and O–H groups in total. The molecule has 0 atom stereocenters. The summed E-state index contributed by atoms with van der Waals surface area (Å²) in [4.78, 5) is 13.6. The van der Waals surface area contributed by atoms with E-state index in [0.29, 0.717) is 5.69 Å². The summed E-state index contributed by atoms with van der Waals surface area (Å²) in [7, 11) is 0.607. The first-order valence-corrected chi connectivity index (χ1v) is 11.5. The predicted octanol–water partition coefficient (Wildman–Crippen LogP) is 3.91. The lowest BCUT2D eigenvalue weighted by Gasteiger charge is -2.16. The molecule has 0 aliphatic rings. The summed E-state index contributed by atoms with van der Waals surface area (Å²) in [6.07, 6.45) is 0. The van der Waals surface area contributed by atoms with E-state index in [1.54, 1.807) is 6.07 Å². The maximum atomic E-state index is 12.5. The van der Waals surface area contributed by atoms with E-state index in [1.807, 2.05) is 0 Å². The quantitative estimate of drug-likeness (QED) is 0.666. The maximum Gasteiger partial charge on any atom is 0.246 e. The first-order valence-electron chi connectivity index (χ1n) is 9.09. The van der Waals surface area contributed by atoms with Crippen molar-refractivity contribution in [2.75, 3.05) is 32.3 Å². The third kappa shape index (κ3) is 5.12. The zero-order valence-corrected chi connectivity index (χ0v) is 19.5. The number of aryl methyl sites for hydroxylation is 2. The Morgan fingerprint density at radius 2 is 1.66 bits per heavy atom. The lowest BCUT2D eigenvalue weighted by atomic mass is 10.0. The van der Waals surface area contributed by atoms with Gasteiger partial charge in [0, 0.05) is 24.7 Å². The van der Waals surface area contributed by atoms with Crippen LogP contribution < -0.4 is 10.1 Å². The SMILES string of the molecule is COc1ccc(NC(=O)CSc2c(C)c(C)cc(C)c2C)cc1S(=O)(=O)N(C)C. The Hall–Kier alpha value is -2.03. The average Bonchev–Trinajstić information content (AvgIpc) is 2.66. The number of amides is 1. The molecule has 6 nitrogen and oxygen atoms in total. The molecule has 0 bridgehead atoms. The number of benzene rings is 2. The van der Waals surface area contributed by atoms with E-state index in [2.05, 4.69) is 39.1 Å². The zero-order valence-electron chi connectivity index (χ0n) is 17.9. The van der Waals surface area contributed by atoms with Gasteiger partial charge in [-0.3, -0.25) is 4.79 Å². The number of rotatable bonds is 7. The molecular weight excluding hydrogens is 408 g/mol. The monoisotopic (exact) mass is 436 g/mol. The standard InChI is InChI=1S/C21H28N2O4S2/c1-13-10-14(2)16(4)21(15(13)3)28-12-20(24)22-17-8-9-18(27-7)19(11-17)29(25,26)23(5)6/h8-11H,12H2,1-7H3,(H,22,24). The summed E-state index contributed by atoms with van der Waals surface area (Å²) in [5.41, 5.74) is 5.16. The number of nitrogens with one attached hydrogen (secondary N) is 1. The maximum absolute atomic E-state index is 12.5. The van der Waals surface area contributed by atoms with E-state index in [-0.39, 0.29) is 22.3 Å². The number of carbonyl (C=O) groups excluding carboxylic acids is 1. The molecule has 29 heavy (non-hydrogen) atoms. The molecule has 0 heterocycles. The predicted molar refractivity (Wildman–Crippen MR) is 119 cm³/mol. The molecule has 0 saturated carbocycles. The number of carbonyl (C=O) groups is 1. The summed E-state index contributed by atoms with van der Waals surface area (Å²) < 4.78 is 31.3. The smallest absolute Gasteiger partial charge is 0.246 e. The molecule has 0 aliphatic heterocycles. The van der Waals surface area contributed by atoms with Crippen LogP contribution in [0.15, 0.2) is 34.1 Å². The Labute approximate surface area is 177 Å². The van der Waals surface area contributed by atoms with Gasteiger partial charge in [-0.25, -0.2) is 12.7 Å². The lowest BCUT2D eigenvalue weighted by molar-refractivity contribution is -0.113. The second-order valence-corrected chi connectivity index (χ2v) is 10.2. The van der Waals surface area contributed by atoms with Crippen molar-refractivity contribution in [2.45, 2.75) is 37.5 Å². The van der Waals surface area contributed by atoms with Crippen LogP contribution in [0.25, 0.3) is 0 Å². The van der Waals surface area contributed by atoms with Gasteiger partial charge >= 0.3 is 0 Å². The number of ether oxygens (including phenoxy) is 1. The van der Waals surface area contributed by atoms with Crippen LogP contribution in [-0.4, -0.2) is 45.6 Å². The van der Waals surface area contributed by atoms with E-state index < -0.39 is 10.0 Å². The highest BCUT2D eigenvalue weighted by Crippen LogP contribution is 2.32. The summed E-state index contributed by atoms with van der Waals surface area (Å²) >= 11 is 1.49. The van der Waals surface area contributed by atoms with Gasteiger partial charge in [-0.1, -0.05) is 6.07 Å². The molecule has 2 aromatic carbocycles. The van der Waals surface area contributed by atoms with Gasteiger partial charge in [0.2, 0.25) is 15.9 Å². The van der Waals surface area contributed by atoms with Crippen molar-refractivity contribution < 1.29 is 17.9 Å². The summed E-state index contributed by atoms with van der Waals surface area (Å²) in [6.45, 7) is 8.25. The topological polar surface area (TPSA) is 75.7 Å². The molecule has 0 fully saturated rings. The minimum absolute atomic E-state index is 0.0106. The Balaban J connectivity index is 2.21. The highest BCUT2D eigenvalue weighted by Gasteiger charge is 2.23. The molecule has 0 unspecified atom stereocenters. The van der Waals surface area contributed by atoms with Gasteiger partial charge in [0.15, 0.2) is 0 Å². The number of methoxy groups -OCH3 is 1. The molecule has 0 aliphatic carbocycles. The molecule has 0 spiro atoms. The van der Waals surface area contributed by atoms with Gasteiger partial charge in [0.25, 0.3) is 0 Å². The zero-order chi connectivity index (χ0) is 21.9. The average molecular weight is 437 g/mol. The second kappa shape index (κ2) is 9.19. The lowest BCUT2D eigenvalue weighted by Crippen LogP contribution is -2.23. The van der Waals surface area contributed by atoms with E-state index >= 15 is 0 Å². The van der Waals surface area contributed by atoms with Crippen molar-refractivity contribution in [1.29, 1.82) is 0 Å². The van der Waals surface area contributed by atoms with Gasteiger partial charge in [-0.15, -0.1) is 11.8 Å². The third-order valence-electron chi connectivity index (χ3n) is 4.85. The number of sulfonamides is 1. The van der Waals surface area contributed by atoms with Crippen molar-refractivity contribution in [3.8, 4) is 5.75 Å². The number of hydrogen-bond acceptors (Lipinski definition) is 5. The van der Waals surface area contributed by atoms with Crippen LogP contribution in [0.3, 0.4) is 0 Å². The third-order valence-corrected chi connectivity index (χ3v) is 7.99. The van der Waals surface area contributed by atoms with Gasteiger partial charge in [-0.05, 0) is 68.1 Å². The largest absolute Gasteiger partial charge is 0.495 e. The van der Waals surface area contributed by atoms with Gasteiger partial charge in [-0.2, -0.15) is 0 Å². The van der Waals surface area contributed by atoms with Crippen molar-refractivity contribution in [3.05, 3.63) is 46.5 Å². The van der Waals surface area contributed by atoms with Crippen molar-refractivity contribution in [1.82, 2.24) is 4.31 Å². The van der Waals surface area contributed by atoms with Gasteiger partial charge in [0.05, 0.1) is 12.9 Å². The molecular formula is C21H28N2O4S2. The van der Waals surface area contributed by atoms with Gasteiger partial charge < -0.3 is 10.1 Å². The van der Waals surface area contributed by atoms with Gasteiger partial charge in [0.1, 0.15) is 10.6 Å². The highest BCUT2D eigenvalue weighted by atomic mass is 32.2. The van der Waals surface area contributed by atoms with E-state index in [9.17, 15) is 13.2 Å². The Morgan fingerprint density at radius 1 is 1.07 bits per heavy atom. The first kappa shape index (κ1) is 23.3. The summed E-state index contributed by atoms with van der Waals surface area (Å²) in [5, 5.41) is 2.78. The first-order chi connectivity index (χ1) is 13.5. The molecule has 0 saturated heterocycles. The van der Waals surface area contributed by atoms with E-state index in [0.717, 1.165) is 9.20 Å². The minimum Gasteiger partial charge on any atom is -0.495 e. The minimum atomic E-state index is -3.70. The molecule has 8 heteroatoms. The van der Waals surface area contributed by atoms with E-state index in [4.69, 9.17) is 4.74 Å². The van der Waals surface area contributed by atoms with Crippen LogP contribution in [-0.2, 0) is 14.8 Å². The molecule has 1 amide bonds. The Bertz CT molecular complexity index is 1010. The number of thioether (sulfide) groups is 1. The van der Waals surface area contributed by atoms with Crippen LogP contribution >= 0.6 is 11.8 Å². The molecule has 2 rings (SSSR count). The Morgan fingerprint density at radius 3 is 2.17 bits per heavy atom. The number of nitrogens with zero attached hydrogens (tertiary/aromatic N) is 1. The fourth-order valence-corrected chi connectivity index (χ4v) is 5.06. The van der Waals surface area contributed by atoms with Crippen LogP contribution in [0.5, 0.6) is 5.75 Å². The second-order valence-electron chi connectivity index (χ2n) is 7.08. The molecule has 2 aromatic rings. The van der Waals surface area contributed by atoms with Crippen LogP contribution in [0, 0.1) is 27.7 Å². The Kier molecular flexibility index (Phi) is 7.37. The summed E-state index contributed by atoms with van der Waals surface area (Å²) in [6, 6.07) is 6.74. The van der Waals surface area contributed by atoms with Crippen LogP contribution in [0.2, 0.25) is 0 Å². The van der Waals surface area contributed by atoms with Crippen LogP contribution in [0.4, 0.5) is 5.69 Å². The highest BCUT2D eigenvalue weighted by molar-refractivity contribution is 8.00. The molecule has 0 aromatic heterocycles. The van der Waals surface area contributed by atoms with E-state index in [1.165, 1.54) is 67.4 Å². The number of hydrogen-bond donors (Lipinski definition) is 1. The van der Waals surface area contributed by atoms with Crippen molar-refractivity contribution in [3.63, 3.8) is 0 Å². The van der Waals surface area contributed by atoms with Crippen molar-refractivity contribution in [2.24, 2.45) is 0 Å². The fraction of sp³-hybridized carbons (Fsp3) is 0.381. The summed E-state index contributed by atoms with van der Waals surface area (Å²) in [5.74, 6) is 0.255. The molecule has 158 valence electrons. The normalized spacial score (nSPS) is 11.6. The van der Waals surface area contributed by atoms with Crippen molar-refractivity contribution >= 4 is 33.4 Å².